The van der Waals surface area contributed by atoms with Gasteiger partial charge in [0.05, 0.1) is 30.7 Å². The van der Waals surface area contributed by atoms with Crippen LogP contribution in [0.3, 0.4) is 0 Å². The zero-order valence-corrected chi connectivity index (χ0v) is 19.9. The maximum absolute atomic E-state index is 13.5. The number of ether oxygens (including phenoxy) is 2. The summed E-state index contributed by atoms with van der Waals surface area (Å²) in [7, 11) is -0.860. The lowest BCUT2D eigenvalue weighted by atomic mass is 9.95. The molecule has 0 atom stereocenters. The van der Waals surface area contributed by atoms with Crippen molar-refractivity contribution in [1.82, 2.24) is 9.62 Å². The fraction of sp³-hybridized carbons (Fsp3) is 0.435. The summed E-state index contributed by atoms with van der Waals surface area (Å²) in [4.78, 5) is 12.8. The van der Waals surface area contributed by atoms with Crippen molar-refractivity contribution in [3.63, 3.8) is 0 Å². The van der Waals surface area contributed by atoms with E-state index in [1.807, 2.05) is 24.3 Å². The van der Waals surface area contributed by atoms with Crippen LogP contribution in [0.15, 0.2) is 47.4 Å². The van der Waals surface area contributed by atoms with Crippen molar-refractivity contribution >= 4 is 27.5 Å². The zero-order chi connectivity index (χ0) is 23.1. The molecule has 0 aromatic heterocycles. The summed E-state index contributed by atoms with van der Waals surface area (Å²) < 4.78 is 38.6. The molecule has 32 heavy (non-hydrogen) atoms. The van der Waals surface area contributed by atoms with E-state index in [4.69, 9.17) is 21.1 Å². The molecule has 0 aliphatic heterocycles. The minimum absolute atomic E-state index is 0.0526. The maximum atomic E-state index is 13.5. The lowest BCUT2D eigenvalue weighted by molar-refractivity contribution is -0.121. The van der Waals surface area contributed by atoms with Gasteiger partial charge < -0.3 is 14.8 Å². The molecule has 1 N–H and O–H groups in total. The summed E-state index contributed by atoms with van der Waals surface area (Å²) in [6.45, 7) is 0.0581. The van der Waals surface area contributed by atoms with Crippen LogP contribution in [0.5, 0.6) is 11.5 Å². The van der Waals surface area contributed by atoms with Gasteiger partial charge >= 0.3 is 0 Å². The predicted octanol–water partition coefficient (Wildman–Crippen LogP) is 4.00. The Morgan fingerprint density at radius 1 is 1.06 bits per heavy atom. The van der Waals surface area contributed by atoms with Crippen LogP contribution < -0.4 is 14.8 Å². The van der Waals surface area contributed by atoms with Crippen molar-refractivity contribution < 1.29 is 22.7 Å². The Hall–Kier alpha value is -2.29. The second kappa shape index (κ2) is 11.0. The smallest absolute Gasteiger partial charge is 0.243 e. The van der Waals surface area contributed by atoms with Gasteiger partial charge in [-0.3, -0.25) is 4.79 Å². The molecule has 0 radical (unpaired) electrons. The molecular formula is C23H29ClN2O5S. The highest BCUT2D eigenvalue weighted by Crippen LogP contribution is 2.31. The molecule has 2 aromatic carbocycles. The van der Waals surface area contributed by atoms with Crippen LogP contribution in [0.25, 0.3) is 0 Å². The molecule has 1 aliphatic carbocycles. The topological polar surface area (TPSA) is 84.9 Å². The Kier molecular flexibility index (Phi) is 8.39. The molecule has 9 heteroatoms. The molecule has 1 amide bonds. The van der Waals surface area contributed by atoms with E-state index in [-0.39, 0.29) is 28.4 Å². The Morgan fingerprint density at radius 3 is 2.34 bits per heavy atom. The Balaban J connectivity index is 1.77. The summed E-state index contributed by atoms with van der Waals surface area (Å²) in [6, 6.07) is 11.5. The van der Waals surface area contributed by atoms with Crippen LogP contribution in [0.2, 0.25) is 5.02 Å². The summed E-state index contributed by atoms with van der Waals surface area (Å²) >= 11 is 6.17. The Morgan fingerprint density at radius 2 is 1.75 bits per heavy atom. The molecule has 2 aromatic rings. The number of halogens is 1. The van der Waals surface area contributed by atoms with Crippen molar-refractivity contribution in [2.24, 2.45) is 0 Å². The van der Waals surface area contributed by atoms with E-state index in [9.17, 15) is 13.2 Å². The number of carbonyl (C=O) groups excluding carboxylic acids is 1. The largest absolute Gasteiger partial charge is 0.497 e. The van der Waals surface area contributed by atoms with Gasteiger partial charge in [-0.2, -0.15) is 4.31 Å². The van der Waals surface area contributed by atoms with Gasteiger partial charge in [-0.15, -0.1) is 0 Å². The molecule has 0 heterocycles. The summed E-state index contributed by atoms with van der Waals surface area (Å²) in [6.07, 6.45) is 4.41. The van der Waals surface area contributed by atoms with Crippen LogP contribution in [0, 0.1) is 0 Å². The molecular weight excluding hydrogens is 452 g/mol. The number of hydrogen-bond acceptors (Lipinski definition) is 5. The number of methoxy groups -OCH3 is 2. The number of nitrogens with one attached hydrogen (secondary N) is 1. The third-order valence-corrected chi connectivity index (χ3v) is 7.85. The minimum atomic E-state index is -3.92. The standard InChI is InChI=1S/C23H29ClN2O5S/c1-30-19-10-8-17(9-11-19)15-25-23(27)16-26(18-6-4-3-5-7-18)32(28,29)20-12-13-22(31-2)21(24)14-20/h8-14,18H,3-7,15-16H2,1-2H3,(H,25,27). The summed E-state index contributed by atoms with van der Waals surface area (Å²) in [5.41, 5.74) is 0.896. The van der Waals surface area contributed by atoms with Gasteiger partial charge in [0.25, 0.3) is 0 Å². The number of hydrogen-bond donors (Lipinski definition) is 1. The first kappa shape index (κ1) is 24.4. The van der Waals surface area contributed by atoms with Crippen molar-refractivity contribution in [3.8, 4) is 11.5 Å². The molecule has 0 unspecified atom stereocenters. The van der Waals surface area contributed by atoms with Crippen LogP contribution in [0.1, 0.15) is 37.7 Å². The van der Waals surface area contributed by atoms with Gasteiger partial charge in [0.15, 0.2) is 0 Å². The lowest BCUT2D eigenvalue weighted by Gasteiger charge is -2.33. The van der Waals surface area contributed by atoms with Crippen LogP contribution >= 0.6 is 11.6 Å². The molecule has 1 aliphatic rings. The van der Waals surface area contributed by atoms with E-state index < -0.39 is 10.0 Å². The molecule has 1 saturated carbocycles. The number of benzene rings is 2. The molecule has 0 bridgehead atoms. The van der Waals surface area contributed by atoms with Crippen LogP contribution in [0.4, 0.5) is 0 Å². The second-order valence-electron chi connectivity index (χ2n) is 7.76. The number of carbonyl (C=O) groups is 1. The molecule has 0 saturated heterocycles. The highest BCUT2D eigenvalue weighted by atomic mass is 35.5. The molecule has 7 nitrogen and oxygen atoms in total. The van der Waals surface area contributed by atoms with E-state index >= 15 is 0 Å². The fourth-order valence-electron chi connectivity index (χ4n) is 3.86. The summed E-state index contributed by atoms with van der Waals surface area (Å²) in [5.74, 6) is 0.773. The number of nitrogens with zero attached hydrogens (tertiary/aromatic N) is 1. The highest BCUT2D eigenvalue weighted by molar-refractivity contribution is 7.89. The van der Waals surface area contributed by atoms with Crippen molar-refractivity contribution in [2.75, 3.05) is 20.8 Å². The molecule has 3 rings (SSSR count). The first-order chi connectivity index (χ1) is 15.3. The maximum Gasteiger partial charge on any atom is 0.243 e. The summed E-state index contributed by atoms with van der Waals surface area (Å²) in [5, 5.41) is 3.04. The minimum Gasteiger partial charge on any atom is -0.497 e. The average molecular weight is 481 g/mol. The monoisotopic (exact) mass is 480 g/mol. The number of amides is 1. The van der Waals surface area contributed by atoms with Gasteiger partial charge in [-0.1, -0.05) is 43.0 Å². The van der Waals surface area contributed by atoms with E-state index in [0.29, 0.717) is 12.3 Å². The van der Waals surface area contributed by atoms with Gasteiger partial charge in [0.2, 0.25) is 15.9 Å². The highest BCUT2D eigenvalue weighted by Gasteiger charge is 2.34. The third kappa shape index (κ3) is 5.94. The molecule has 174 valence electrons. The average Bonchev–Trinajstić information content (AvgIpc) is 2.81. The third-order valence-electron chi connectivity index (χ3n) is 5.66. The molecule has 0 spiro atoms. The second-order valence-corrected chi connectivity index (χ2v) is 10.1. The Bertz CT molecular complexity index is 1020. The van der Waals surface area contributed by atoms with Gasteiger partial charge in [-0.25, -0.2) is 8.42 Å². The number of sulfonamides is 1. The van der Waals surface area contributed by atoms with E-state index in [1.165, 1.54) is 29.6 Å². The predicted molar refractivity (Wildman–Crippen MR) is 124 cm³/mol. The fourth-order valence-corrected chi connectivity index (χ4v) is 5.85. The SMILES string of the molecule is COc1ccc(CNC(=O)CN(C2CCCCC2)S(=O)(=O)c2ccc(OC)c(Cl)c2)cc1. The van der Waals surface area contributed by atoms with Crippen molar-refractivity contribution in [2.45, 2.75) is 49.6 Å². The van der Waals surface area contributed by atoms with E-state index in [1.54, 1.807) is 7.11 Å². The molecule has 1 fully saturated rings. The zero-order valence-electron chi connectivity index (χ0n) is 18.3. The van der Waals surface area contributed by atoms with Gasteiger partial charge in [0, 0.05) is 12.6 Å². The van der Waals surface area contributed by atoms with Gasteiger partial charge in [0.1, 0.15) is 11.5 Å². The Labute approximate surface area is 194 Å². The first-order valence-corrected chi connectivity index (χ1v) is 12.4. The van der Waals surface area contributed by atoms with Crippen LogP contribution in [-0.4, -0.2) is 45.4 Å². The van der Waals surface area contributed by atoms with E-state index in [2.05, 4.69) is 5.32 Å². The normalized spacial score (nSPS) is 14.9. The van der Waals surface area contributed by atoms with Crippen molar-refractivity contribution in [3.05, 3.63) is 53.1 Å². The van der Waals surface area contributed by atoms with E-state index in [0.717, 1.165) is 43.4 Å². The van der Waals surface area contributed by atoms with Gasteiger partial charge in [-0.05, 0) is 48.7 Å². The quantitative estimate of drug-likeness (QED) is 0.586. The number of rotatable bonds is 9. The van der Waals surface area contributed by atoms with Crippen molar-refractivity contribution in [1.29, 1.82) is 0 Å². The first-order valence-electron chi connectivity index (χ1n) is 10.6. The van der Waals surface area contributed by atoms with Crippen LogP contribution in [-0.2, 0) is 21.4 Å². The lowest BCUT2D eigenvalue weighted by Crippen LogP contribution is -2.46.